The van der Waals surface area contributed by atoms with E-state index in [1.165, 1.54) is 17.5 Å². The number of benzene rings is 1. The van der Waals surface area contributed by atoms with Gasteiger partial charge >= 0.3 is 0 Å². The van der Waals surface area contributed by atoms with Gasteiger partial charge in [0.15, 0.2) is 9.84 Å². The maximum absolute atomic E-state index is 11.7. The zero-order valence-electron chi connectivity index (χ0n) is 12.3. The fraction of sp³-hybridized carbons (Fsp3) is 0.200. The van der Waals surface area contributed by atoms with Crippen molar-refractivity contribution >= 4 is 53.8 Å². The van der Waals surface area contributed by atoms with Crippen molar-refractivity contribution in [2.24, 2.45) is 0 Å². The van der Waals surface area contributed by atoms with Crippen molar-refractivity contribution in [2.75, 3.05) is 18.1 Å². The number of hydrogen-bond acceptors (Lipinski definition) is 6. The molecule has 0 saturated carbocycles. The summed E-state index contributed by atoms with van der Waals surface area (Å²) in [5.41, 5.74) is 0.716. The molecule has 23 heavy (non-hydrogen) atoms. The lowest BCUT2D eigenvalue weighted by molar-refractivity contribution is 0.602. The first-order valence-corrected chi connectivity index (χ1v) is 10.4. The summed E-state index contributed by atoms with van der Waals surface area (Å²) in [6.07, 6.45) is 3.54. The normalized spacial score (nSPS) is 11.7. The molecular formula is C15H14BrN3O2S2. The standard InChI is InChI=1S/C15H14BrN3O2S2/c1-23(20,21)11-3-4-13-12(8-11)15(19-9-18-13)17-7-6-10-2-5-14(16)22-10/h2-5,8-9H,6-7H2,1H3,(H,17,18,19). The van der Waals surface area contributed by atoms with E-state index in [2.05, 4.69) is 37.3 Å². The van der Waals surface area contributed by atoms with E-state index < -0.39 is 9.84 Å². The Morgan fingerprint density at radius 3 is 2.74 bits per heavy atom. The van der Waals surface area contributed by atoms with E-state index in [-0.39, 0.29) is 4.90 Å². The third kappa shape index (κ3) is 3.88. The highest BCUT2D eigenvalue weighted by Crippen LogP contribution is 2.24. The Bertz CT molecular complexity index is 954. The van der Waals surface area contributed by atoms with Crippen molar-refractivity contribution in [3.8, 4) is 0 Å². The van der Waals surface area contributed by atoms with Gasteiger partial charge in [-0.05, 0) is 52.7 Å². The van der Waals surface area contributed by atoms with Gasteiger partial charge in [0.25, 0.3) is 0 Å². The lowest BCUT2D eigenvalue weighted by atomic mass is 10.2. The van der Waals surface area contributed by atoms with Gasteiger partial charge in [0.05, 0.1) is 14.2 Å². The quantitative estimate of drug-likeness (QED) is 0.695. The smallest absolute Gasteiger partial charge is 0.175 e. The molecule has 0 fully saturated rings. The number of nitrogens with zero attached hydrogens (tertiary/aromatic N) is 2. The molecule has 0 atom stereocenters. The average Bonchev–Trinajstić information content (AvgIpc) is 2.91. The molecule has 0 amide bonds. The number of aromatic nitrogens is 2. The minimum Gasteiger partial charge on any atom is -0.369 e. The lowest BCUT2D eigenvalue weighted by Gasteiger charge is -2.08. The largest absolute Gasteiger partial charge is 0.369 e. The average molecular weight is 412 g/mol. The molecule has 0 aliphatic carbocycles. The zero-order valence-corrected chi connectivity index (χ0v) is 15.5. The molecule has 120 valence electrons. The van der Waals surface area contributed by atoms with Crippen LogP contribution in [0.3, 0.4) is 0 Å². The molecule has 5 nitrogen and oxygen atoms in total. The predicted octanol–water partition coefficient (Wildman–Crippen LogP) is 3.51. The lowest BCUT2D eigenvalue weighted by Crippen LogP contribution is -2.07. The van der Waals surface area contributed by atoms with Crippen LogP contribution in [-0.2, 0) is 16.3 Å². The van der Waals surface area contributed by atoms with Gasteiger partial charge in [-0.15, -0.1) is 11.3 Å². The number of rotatable bonds is 5. The second-order valence-electron chi connectivity index (χ2n) is 5.06. The summed E-state index contributed by atoms with van der Waals surface area (Å²) in [5.74, 6) is 0.649. The van der Waals surface area contributed by atoms with Crippen LogP contribution in [0, 0.1) is 0 Å². The first kappa shape index (κ1) is 16.4. The van der Waals surface area contributed by atoms with Crippen LogP contribution < -0.4 is 5.32 Å². The molecule has 2 aromatic heterocycles. The monoisotopic (exact) mass is 411 g/mol. The van der Waals surface area contributed by atoms with Gasteiger partial charge in [-0.3, -0.25) is 0 Å². The van der Waals surface area contributed by atoms with Gasteiger partial charge in [-0.25, -0.2) is 18.4 Å². The summed E-state index contributed by atoms with van der Waals surface area (Å²) in [7, 11) is -3.26. The highest BCUT2D eigenvalue weighted by atomic mass is 79.9. The molecular weight excluding hydrogens is 398 g/mol. The van der Waals surface area contributed by atoms with E-state index in [0.29, 0.717) is 23.3 Å². The van der Waals surface area contributed by atoms with E-state index >= 15 is 0 Å². The Morgan fingerprint density at radius 1 is 1.22 bits per heavy atom. The van der Waals surface area contributed by atoms with Crippen molar-refractivity contribution < 1.29 is 8.42 Å². The molecule has 0 spiro atoms. The molecule has 1 aromatic carbocycles. The van der Waals surface area contributed by atoms with E-state index in [1.807, 2.05) is 6.07 Å². The molecule has 0 radical (unpaired) electrons. The first-order valence-electron chi connectivity index (χ1n) is 6.86. The van der Waals surface area contributed by atoms with Crippen LogP contribution in [0.15, 0.2) is 45.3 Å². The molecule has 0 saturated heterocycles. The summed E-state index contributed by atoms with van der Waals surface area (Å²) in [5, 5.41) is 3.98. The molecule has 0 aliphatic rings. The highest BCUT2D eigenvalue weighted by molar-refractivity contribution is 9.11. The summed E-state index contributed by atoms with van der Waals surface area (Å²) < 4.78 is 24.6. The van der Waals surface area contributed by atoms with Crippen LogP contribution in [-0.4, -0.2) is 31.2 Å². The molecule has 3 aromatic rings. The number of fused-ring (bicyclic) bond motifs is 1. The molecule has 1 N–H and O–H groups in total. The summed E-state index contributed by atoms with van der Waals surface area (Å²) in [6, 6.07) is 9.00. The number of thiophene rings is 1. The summed E-state index contributed by atoms with van der Waals surface area (Å²) >= 11 is 5.15. The van der Waals surface area contributed by atoms with Crippen LogP contribution in [0.2, 0.25) is 0 Å². The van der Waals surface area contributed by atoms with E-state index in [4.69, 9.17) is 0 Å². The second kappa shape index (κ2) is 6.54. The van der Waals surface area contributed by atoms with E-state index in [9.17, 15) is 8.42 Å². The van der Waals surface area contributed by atoms with Gasteiger partial charge in [-0.1, -0.05) is 0 Å². The molecule has 8 heteroatoms. The van der Waals surface area contributed by atoms with Crippen LogP contribution >= 0.6 is 27.3 Å². The number of sulfone groups is 1. The Labute approximate surface area is 146 Å². The van der Waals surface area contributed by atoms with Gasteiger partial charge in [-0.2, -0.15) is 0 Å². The van der Waals surface area contributed by atoms with Gasteiger partial charge in [0, 0.05) is 23.1 Å². The van der Waals surface area contributed by atoms with Crippen molar-refractivity contribution in [3.05, 3.63) is 45.3 Å². The minimum atomic E-state index is -3.26. The number of halogens is 1. The Kier molecular flexibility index (Phi) is 4.65. The molecule has 2 heterocycles. The Balaban J connectivity index is 1.84. The van der Waals surface area contributed by atoms with Gasteiger partial charge < -0.3 is 5.32 Å². The summed E-state index contributed by atoms with van der Waals surface area (Å²) in [6.45, 7) is 0.710. The Morgan fingerprint density at radius 2 is 2.04 bits per heavy atom. The van der Waals surface area contributed by atoms with Crippen molar-refractivity contribution in [1.82, 2.24) is 9.97 Å². The van der Waals surface area contributed by atoms with Crippen LogP contribution in [0.1, 0.15) is 4.88 Å². The van der Waals surface area contributed by atoms with Crippen molar-refractivity contribution in [1.29, 1.82) is 0 Å². The first-order chi connectivity index (χ1) is 10.9. The Hall–Kier alpha value is -1.51. The second-order valence-corrected chi connectivity index (χ2v) is 9.62. The van der Waals surface area contributed by atoms with Crippen LogP contribution in [0.4, 0.5) is 5.82 Å². The van der Waals surface area contributed by atoms with Crippen LogP contribution in [0.5, 0.6) is 0 Å². The maximum atomic E-state index is 11.7. The fourth-order valence-corrected chi connectivity index (χ4v) is 4.33. The molecule has 0 unspecified atom stereocenters. The fourth-order valence-electron chi connectivity index (χ4n) is 2.20. The SMILES string of the molecule is CS(=O)(=O)c1ccc2ncnc(NCCc3ccc(Br)s3)c2c1. The van der Waals surface area contributed by atoms with Crippen molar-refractivity contribution in [2.45, 2.75) is 11.3 Å². The van der Waals surface area contributed by atoms with Crippen molar-refractivity contribution in [3.63, 3.8) is 0 Å². The number of anilines is 1. The van der Waals surface area contributed by atoms with E-state index in [0.717, 1.165) is 10.2 Å². The van der Waals surface area contributed by atoms with Gasteiger partial charge in [0.2, 0.25) is 0 Å². The van der Waals surface area contributed by atoms with E-state index in [1.54, 1.807) is 29.5 Å². The molecule has 3 rings (SSSR count). The zero-order chi connectivity index (χ0) is 16.4. The minimum absolute atomic E-state index is 0.269. The van der Waals surface area contributed by atoms with Crippen LogP contribution in [0.25, 0.3) is 10.9 Å². The summed E-state index contributed by atoms with van der Waals surface area (Å²) in [4.78, 5) is 9.96. The number of hydrogen-bond donors (Lipinski definition) is 1. The molecule has 0 bridgehead atoms. The topological polar surface area (TPSA) is 72.0 Å². The molecule has 0 aliphatic heterocycles. The highest BCUT2D eigenvalue weighted by Gasteiger charge is 2.11. The third-order valence-corrected chi connectivity index (χ3v) is 6.12. The van der Waals surface area contributed by atoms with Gasteiger partial charge in [0.1, 0.15) is 12.1 Å². The maximum Gasteiger partial charge on any atom is 0.175 e. The predicted molar refractivity (Wildman–Crippen MR) is 96.9 cm³/mol. The number of nitrogens with one attached hydrogen (secondary N) is 1. The third-order valence-electron chi connectivity index (χ3n) is 3.33.